The molecule has 6 nitrogen and oxygen atoms in total. The summed E-state index contributed by atoms with van der Waals surface area (Å²) in [5.41, 5.74) is 5.70. The molecule has 0 saturated carbocycles. The number of amidine groups is 1. The lowest BCUT2D eigenvalue weighted by molar-refractivity contribution is 0.519. The van der Waals surface area contributed by atoms with Crippen molar-refractivity contribution in [1.29, 1.82) is 0 Å². The molecule has 0 aromatic carbocycles. The van der Waals surface area contributed by atoms with Gasteiger partial charge >= 0.3 is 0 Å². The maximum Gasteiger partial charge on any atom is 0.218 e. The van der Waals surface area contributed by atoms with E-state index in [2.05, 4.69) is 34.1 Å². The van der Waals surface area contributed by atoms with Crippen molar-refractivity contribution in [1.82, 2.24) is 10.2 Å². The summed E-state index contributed by atoms with van der Waals surface area (Å²) in [7, 11) is 0. The number of hydrogen-bond donors (Lipinski definition) is 2. The van der Waals surface area contributed by atoms with Crippen LogP contribution in [0.3, 0.4) is 0 Å². The Morgan fingerprint density at radius 2 is 2.44 bits per heavy atom. The van der Waals surface area contributed by atoms with E-state index < -0.39 is 0 Å². The Hall–Kier alpha value is -1.43. The third-order valence-electron chi connectivity index (χ3n) is 2.14. The fourth-order valence-electron chi connectivity index (χ4n) is 1.30. The summed E-state index contributed by atoms with van der Waals surface area (Å²) in [6.07, 6.45) is 1.79. The standard InChI is InChI=1S/C10H20N6/c1-4-12-6-14-10(11)15-9-5-13-7-16(9)8(2)3/h7-8,12H,4-6H2,1-3H3,(H2,11,14). The summed E-state index contributed by atoms with van der Waals surface area (Å²) >= 11 is 0. The Balaban J connectivity index is 2.59. The third kappa shape index (κ3) is 3.62. The minimum atomic E-state index is 0.298. The van der Waals surface area contributed by atoms with Crippen molar-refractivity contribution in [2.75, 3.05) is 19.8 Å². The number of nitrogens with one attached hydrogen (secondary N) is 1. The molecule has 0 aliphatic carbocycles. The van der Waals surface area contributed by atoms with E-state index >= 15 is 0 Å². The second kappa shape index (κ2) is 6.22. The van der Waals surface area contributed by atoms with Gasteiger partial charge in [-0.1, -0.05) is 6.92 Å². The Morgan fingerprint density at radius 3 is 3.06 bits per heavy atom. The highest BCUT2D eigenvalue weighted by Gasteiger charge is 2.17. The molecule has 16 heavy (non-hydrogen) atoms. The van der Waals surface area contributed by atoms with Gasteiger partial charge < -0.3 is 10.6 Å². The van der Waals surface area contributed by atoms with E-state index in [1.165, 1.54) is 0 Å². The van der Waals surface area contributed by atoms with Crippen LogP contribution in [0.1, 0.15) is 20.8 Å². The summed E-state index contributed by atoms with van der Waals surface area (Å²) in [6, 6.07) is 0.339. The zero-order chi connectivity index (χ0) is 12.0. The topological polar surface area (TPSA) is 78.4 Å². The van der Waals surface area contributed by atoms with Gasteiger partial charge in [-0.3, -0.25) is 10.3 Å². The van der Waals surface area contributed by atoms with E-state index in [0.29, 0.717) is 25.2 Å². The Bertz CT molecular complexity index is 304. The minimum Gasteiger partial charge on any atom is -0.368 e. The largest absolute Gasteiger partial charge is 0.368 e. The van der Waals surface area contributed by atoms with E-state index in [-0.39, 0.29) is 0 Å². The number of nitrogens with zero attached hydrogens (tertiary/aromatic N) is 4. The summed E-state index contributed by atoms with van der Waals surface area (Å²) in [4.78, 5) is 14.5. The van der Waals surface area contributed by atoms with Crippen LogP contribution in [0.15, 0.2) is 15.0 Å². The molecule has 90 valence electrons. The Morgan fingerprint density at radius 1 is 1.69 bits per heavy atom. The molecule has 0 aromatic rings. The summed E-state index contributed by atoms with van der Waals surface area (Å²) < 4.78 is 0. The highest BCUT2D eigenvalue weighted by Crippen LogP contribution is 2.03. The van der Waals surface area contributed by atoms with Crippen molar-refractivity contribution < 1.29 is 0 Å². The lowest BCUT2D eigenvalue weighted by Gasteiger charge is -2.19. The van der Waals surface area contributed by atoms with Crippen LogP contribution in [-0.4, -0.2) is 48.8 Å². The maximum absolute atomic E-state index is 5.70. The van der Waals surface area contributed by atoms with Crippen molar-refractivity contribution in [2.45, 2.75) is 26.8 Å². The highest BCUT2D eigenvalue weighted by atomic mass is 15.3. The molecule has 1 aliphatic heterocycles. The maximum atomic E-state index is 5.70. The van der Waals surface area contributed by atoms with Gasteiger partial charge in [0.25, 0.3) is 0 Å². The first-order chi connectivity index (χ1) is 7.65. The van der Waals surface area contributed by atoms with Gasteiger partial charge in [0.2, 0.25) is 5.96 Å². The van der Waals surface area contributed by atoms with E-state index in [1.54, 1.807) is 6.34 Å². The highest BCUT2D eigenvalue weighted by molar-refractivity contribution is 6.04. The van der Waals surface area contributed by atoms with Gasteiger partial charge in [-0.25, -0.2) is 4.99 Å². The van der Waals surface area contributed by atoms with Crippen molar-refractivity contribution in [2.24, 2.45) is 20.7 Å². The minimum absolute atomic E-state index is 0.298. The van der Waals surface area contributed by atoms with Crippen LogP contribution >= 0.6 is 0 Å². The molecule has 1 aliphatic rings. The zero-order valence-electron chi connectivity index (χ0n) is 10.1. The SMILES string of the molecule is CCNCN=C(N)N=C1CN=CN1C(C)C. The zero-order valence-corrected chi connectivity index (χ0v) is 10.1. The molecule has 0 amide bonds. The van der Waals surface area contributed by atoms with Gasteiger partial charge in [0.1, 0.15) is 5.84 Å². The van der Waals surface area contributed by atoms with Gasteiger partial charge in [-0.05, 0) is 20.4 Å². The smallest absolute Gasteiger partial charge is 0.218 e. The fourth-order valence-corrected chi connectivity index (χ4v) is 1.30. The van der Waals surface area contributed by atoms with Crippen LogP contribution in [0, 0.1) is 0 Å². The average Bonchev–Trinajstić information content (AvgIpc) is 2.66. The lowest BCUT2D eigenvalue weighted by Crippen LogP contribution is -2.34. The van der Waals surface area contributed by atoms with Crippen molar-refractivity contribution in [3.63, 3.8) is 0 Å². The summed E-state index contributed by atoms with van der Waals surface area (Å²) in [5, 5.41) is 3.06. The molecule has 0 spiro atoms. The van der Waals surface area contributed by atoms with E-state index in [9.17, 15) is 0 Å². The molecule has 0 aromatic heterocycles. The molecular formula is C10H20N6. The van der Waals surface area contributed by atoms with Gasteiger partial charge in [0, 0.05) is 6.04 Å². The van der Waals surface area contributed by atoms with Crippen LogP contribution < -0.4 is 11.1 Å². The van der Waals surface area contributed by atoms with E-state index in [1.807, 2.05) is 11.8 Å². The first-order valence-electron chi connectivity index (χ1n) is 5.51. The fraction of sp³-hybridized carbons (Fsp3) is 0.700. The van der Waals surface area contributed by atoms with Crippen LogP contribution in [0.5, 0.6) is 0 Å². The van der Waals surface area contributed by atoms with Crippen LogP contribution in [-0.2, 0) is 0 Å². The average molecular weight is 224 g/mol. The molecule has 0 bridgehead atoms. The first-order valence-corrected chi connectivity index (χ1v) is 5.51. The van der Waals surface area contributed by atoms with Gasteiger partial charge in [0.15, 0.2) is 0 Å². The lowest BCUT2D eigenvalue weighted by atomic mass is 10.3. The molecule has 0 radical (unpaired) electrons. The molecule has 0 saturated heterocycles. The van der Waals surface area contributed by atoms with E-state index in [4.69, 9.17) is 5.73 Å². The first kappa shape index (κ1) is 12.6. The van der Waals surface area contributed by atoms with Crippen molar-refractivity contribution in [3.05, 3.63) is 0 Å². The molecule has 1 rings (SSSR count). The van der Waals surface area contributed by atoms with Crippen LogP contribution in [0.2, 0.25) is 0 Å². The number of hydrogen-bond acceptors (Lipinski definition) is 3. The predicted molar refractivity (Wildman–Crippen MR) is 67.9 cm³/mol. The predicted octanol–water partition coefficient (Wildman–Crippen LogP) is 0.0189. The molecule has 0 atom stereocenters. The quantitative estimate of drug-likeness (QED) is 0.401. The third-order valence-corrected chi connectivity index (χ3v) is 2.14. The van der Waals surface area contributed by atoms with Crippen molar-refractivity contribution >= 4 is 18.1 Å². The van der Waals surface area contributed by atoms with Gasteiger partial charge in [-0.2, -0.15) is 4.99 Å². The molecule has 3 N–H and O–H groups in total. The Labute approximate surface area is 96.4 Å². The van der Waals surface area contributed by atoms with Crippen LogP contribution in [0.4, 0.5) is 0 Å². The summed E-state index contributed by atoms with van der Waals surface area (Å²) in [6.45, 7) is 8.13. The number of nitrogens with two attached hydrogens (primary N) is 1. The second-order valence-electron chi connectivity index (χ2n) is 3.76. The molecule has 0 fully saturated rings. The van der Waals surface area contributed by atoms with Crippen molar-refractivity contribution in [3.8, 4) is 0 Å². The van der Waals surface area contributed by atoms with Gasteiger partial charge in [-0.15, -0.1) is 0 Å². The van der Waals surface area contributed by atoms with E-state index in [0.717, 1.165) is 12.4 Å². The van der Waals surface area contributed by atoms with Crippen LogP contribution in [0.25, 0.3) is 0 Å². The molecule has 0 unspecified atom stereocenters. The number of rotatable bonds is 4. The monoisotopic (exact) mass is 224 g/mol. The van der Waals surface area contributed by atoms with Gasteiger partial charge in [0.05, 0.1) is 19.6 Å². The molecule has 1 heterocycles. The summed E-state index contributed by atoms with van der Waals surface area (Å²) in [5.74, 6) is 1.15. The second-order valence-corrected chi connectivity index (χ2v) is 3.76. The normalized spacial score (nSPS) is 19.1. The molecular weight excluding hydrogens is 204 g/mol. The Kier molecular flexibility index (Phi) is 4.91. The number of aliphatic imine (C=N–C) groups is 3. The molecule has 6 heteroatoms. The number of guanidine groups is 1.